The number of amides is 2. The van der Waals surface area contributed by atoms with Gasteiger partial charge in [-0.1, -0.05) is 36.4 Å². The van der Waals surface area contributed by atoms with E-state index in [1.807, 2.05) is 54.0 Å². The molecule has 2 amide bonds. The Morgan fingerprint density at radius 2 is 1.83 bits per heavy atom. The average molecular weight is 497 g/mol. The van der Waals surface area contributed by atoms with E-state index in [0.717, 1.165) is 21.8 Å². The molecule has 4 aromatic rings. The van der Waals surface area contributed by atoms with E-state index in [4.69, 9.17) is 5.10 Å². The van der Waals surface area contributed by atoms with Crippen molar-refractivity contribution in [2.45, 2.75) is 13.2 Å². The van der Waals surface area contributed by atoms with Gasteiger partial charge in [0, 0.05) is 25.4 Å². The molecule has 0 unspecified atom stereocenters. The molecule has 0 aliphatic carbocycles. The first-order valence-electron chi connectivity index (χ1n) is 10.7. The molecule has 2 aromatic carbocycles. The van der Waals surface area contributed by atoms with E-state index in [0.29, 0.717) is 0 Å². The summed E-state index contributed by atoms with van der Waals surface area (Å²) in [5.41, 5.74) is 2.43. The van der Waals surface area contributed by atoms with Gasteiger partial charge in [-0.15, -0.1) is 11.3 Å². The summed E-state index contributed by atoms with van der Waals surface area (Å²) in [5.74, 6) is -1.29. The van der Waals surface area contributed by atoms with E-state index >= 15 is 0 Å². The predicted octanol–water partition coefficient (Wildman–Crippen LogP) is 4.59. The molecule has 0 saturated heterocycles. The van der Waals surface area contributed by atoms with Gasteiger partial charge in [0.2, 0.25) is 5.91 Å². The van der Waals surface area contributed by atoms with Gasteiger partial charge >= 0.3 is 6.61 Å². The Morgan fingerprint density at radius 1 is 1.09 bits per heavy atom. The molecule has 7 nitrogen and oxygen atoms in total. The lowest BCUT2D eigenvalue weighted by Crippen LogP contribution is -2.38. The number of halogens is 2. The average Bonchev–Trinajstić information content (AvgIpc) is 3.53. The van der Waals surface area contributed by atoms with Crippen LogP contribution in [0.25, 0.3) is 16.3 Å². The molecule has 4 rings (SSSR count). The number of hydrogen-bond donors (Lipinski definition) is 1. The lowest BCUT2D eigenvalue weighted by molar-refractivity contribution is -0.129. The summed E-state index contributed by atoms with van der Waals surface area (Å²) in [4.78, 5) is 27.7. The van der Waals surface area contributed by atoms with Gasteiger partial charge in [0.15, 0.2) is 0 Å². The van der Waals surface area contributed by atoms with Gasteiger partial charge in [0.1, 0.15) is 11.4 Å². The Bertz CT molecular complexity index is 1290. The molecule has 0 fully saturated rings. The smallest absolute Gasteiger partial charge is 0.387 e. The van der Waals surface area contributed by atoms with Crippen molar-refractivity contribution in [3.05, 3.63) is 89.4 Å². The molecule has 0 spiro atoms. The number of hydrogen-bond acceptors (Lipinski definition) is 5. The number of rotatable bonds is 9. The van der Waals surface area contributed by atoms with Crippen molar-refractivity contribution >= 4 is 23.2 Å². The number of nitrogens with one attached hydrogen (secondary N) is 1. The Labute approximate surface area is 204 Å². The maximum atomic E-state index is 12.8. The molecule has 35 heavy (non-hydrogen) atoms. The van der Waals surface area contributed by atoms with Crippen LogP contribution in [0.5, 0.6) is 5.75 Å². The zero-order valence-electron chi connectivity index (χ0n) is 18.7. The van der Waals surface area contributed by atoms with E-state index in [1.165, 1.54) is 29.2 Å². The number of thiophene rings is 1. The van der Waals surface area contributed by atoms with Crippen LogP contribution >= 0.6 is 11.3 Å². The van der Waals surface area contributed by atoms with E-state index in [1.54, 1.807) is 23.1 Å². The third-order valence-corrected chi connectivity index (χ3v) is 6.02. The number of para-hydroxylation sites is 2. The zero-order valence-corrected chi connectivity index (χ0v) is 19.5. The van der Waals surface area contributed by atoms with E-state index in [2.05, 4.69) is 10.1 Å². The highest BCUT2D eigenvalue weighted by Gasteiger charge is 2.20. The molecule has 10 heteroatoms. The molecule has 180 valence electrons. The van der Waals surface area contributed by atoms with Crippen molar-refractivity contribution < 1.29 is 23.1 Å². The van der Waals surface area contributed by atoms with Crippen LogP contribution in [0.3, 0.4) is 0 Å². The normalized spacial score (nSPS) is 10.9. The molecule has 0 aliphatic heterocycles. The Morgan fingerprint density at radius 3 is 2.54 bits per heavy atom. The summed E-state index contributed by atoms with van der Waals surface area (Å²) in [5, 5.41) is 9.16. The van der Waals surface area contributed by atoms with E-state index < -0.39 is 12.5 Å². The van der Waals surface area contributed by atoms with E-state index in [9.17, 15) is 18.4 Å². The van der Waals surface area contributed by atoms with Gasteiger partial charge in [-0.2, -0.15) is 13.9 Å². The SMILES string of the molecule is CN(Cc1cn(-c2ccccc2)nc1-c1cccs1)C(=O)CNC(=O)c1ccccc1OC(F)F. The molecule has 0 atom stereocenters. The Kier molecular flexibility index (Phi) is 7.51. The molecule has 0 saturated carbocycles. The van der Waals surface area contributed by atoms with Crippen LogP contribution < -0.4 is 10.1 Å². The molecular formula is C25H22F2N4O3S. The fourth-order valence-electron chi connectivity index (χ4n) is 3.44. The molecule has 0 aliphatic rings. The number of likely N-dealkylation sites (N-methyl/N-ethyl adjacent to an activating group) is 1. The van der Waals surface area contributed by atoms with Crippen LogP contribution in [0.2, 0.25) is 0 Å². The second-order valence-corrected chi connectivity index (χ2v) is 8.52. The topological polar surface area (TPSA) is 76.5 Å². The van der Waals surface area contributed by atoms with Crippen molar-refractivity contribution in [2.75, 3.05) is 13.6 Å². The highest BCUT2D eigenvalue weighted by molar-refractivity contribution is 7.13. The minimum absolute atomic E-state index is 0.0765. The highest BCUT2D eigenvalue weighted by atomic mass is 32.1. The second kappa shape index (κ2) is 10.9. The van der Waals surface area contributed by atoms with Crippen LogP contribution in [0.15, 0.2) is 78.3 Å². The number of carbonyl (C=O) groups is 2. The number of aromatic nitrogens is 2. The second-order valence-electron chi connectivity index (χ2n) is 7.57. The highest BCUT2D eigenvalue weighted by Crippen LogP contribution is 2.28. The first-order chi connectivity index (χ1) is 16.9. The van der Waals surface area contributed by atoms with Gasteiger partial charge in [-0.05, 0) is 35.7 Å². The first kappa shape index (κ1) is 24.1. The summed E-state index contributed by atoms with van der Waals surface area (Å²) in [6.07, 6.45) is 1.88. The summed E-state index contributed by atoms with van der Waals surface area (Å²) in [6, 6.07) is 19.2. The monoisotopic (exact) mass is 496 g/mol. The van der Waals surface area contributed by atoms with Crippen molar-refractivity contribution in [3.8, 4) is 22.0 Å². The van der Waals surface area contributed by atoms with Crippen molar-refractivity contribution in [1.29, 1.82) is 0 Å². The largest absolute Gasteiger partial charge is 0.434 e. The number of carbonyl (C=O) groups excluding carboxylic acids is 2. The maximum Gasteiger partial charge on any atom is 0.387 e. The van der Waals surface area contributed by atoms with E-state index in [-0.39, 0.29) is 30.3 Å². The molecule has 2 aromatic heterocycles. The fourth-order valence-corrected chi connectivity index (χ4v) is 4.19. The summed E-state index contributed by atoms with van der Waals surface area (Å²) < 4.78 is 31.4. The van der Waals surface area contributed by atoms with Crippen LogP contribution in [-0.2, 0) is 11.3 Å². The molecule has 1 N–H and O–H groups in total. The van der Waals surface area contributed by atoms with Gasteiger partial charge < -0.3 is 15.0 Å². The lowest BCUT2D eigenvalue weighted by Gasteiger charge is -2.17. The zero-order chi connectivity index (χ0) is 24.8. The Hall–Kier alpha value is -4.05. The van der Waals surface area contributed by atoms with Crippen LogP contribution in [0.4, 0.5) is 8.78 Å². The van der Waals surface area contributed by atoms with Gasteiger partial charge in [-0.3, -0.25) is 9.59 Å². The fraction of sp³-hybridized carbons (Fsp3) is 0.160. The van der Waals surface area contributed by atoms with Crippen molar-refractivity contribution in [1.82, 2.24) is 20.0 Å². The Balaban J connectivity index is 1.45. The van der Waals surface area contributed by atoms with Crippen LogP contribution in [-0.4, -0.2) is 46.7 Å². The number of benzene rings is 2. The quantitative estimate of drug-likeness (QED) is 0.368. The third kappa shape index (κ3) is 5.90. The predicted molar refractivity (Wildman–Crippen MR) is 129 cm³/mol. The molecule has 0 radical (unpaired) electrons. The van der Waals surface area contributed by atoms with Gasteiger partial charge in [0.25, 0.3) is 5.91 Å². The summed E-state index contributed by atoms with van der Waals surface area (Å²) in [6.45, 7) is -3.11. The first-order valence-corrected chi connectivity index (χ1v) is 11.5. The summed E-state index contributed by atoms with van der Waals surface area (Å²) in [7, 11) is 1.63. The minimum atomic E-state index is -3.06. The standard InChI is InChI=1S/C25H22F2N4O3S/c1-30(22(32)14-28-24(33)19-10-5-6-11-20(19)34-25(26)27)15-17-16-31(18-8-3-2-4-9-18)29-23(17)21-12-7-13-35-21/h2-13,16,25H,14-15H2,1H3,(H,28,33). The van der Waals surface area contributed by atoms with Gasteiger partial charge in [-0.25, -0.2) is 4.68 Å². The van der Waals surface area contributed by atoms with Crippen LogP contribution in [0.1, 0.15) is 15.9 Å². The third-order valence-electron chi connectivity index (χ3n) is 5.15. The maximum absolute atomic E-state index is 12.8. The number of nitrogens with zero attached hydrogens (tertiary/aromatic N) is 3. The van der Waals surface area contributed by atoms with Crippen LogP contribution in [0, 0.1) is 0 Å². The van der Waals surface area contributed by atoms with Gasteiger partial charge in [0.05, 0.1) is 22.7 Å². The summed E-state index contributed by atoms with van der Waals surface area (Å²) >= 11 is 1.55. The van der Waals surface area contributed by atoms with Crippen molar-refractivity contribution in [2.24, 2.45) is 0 Å². The van der Waals surface area contributed by atoms with Crippen molar-refractivity contribution in [3.63, 3.8) is 0 Å². The minimum Gasteiger partial charge on any atom is -0.434 e. The molecular weight excluding hydrogens is 474 g/mol. The molecule has 0 bridgehead atoms. The number of ether oxygens (including phenoxy) is 1. The lowest BCUT2D eigenvalue weighted by atomic mass is 10.2. The molecule has 2 heterocycles. The number of alkyl halides is 2.